The Labute approximate surface area is 129 Å². The molecule has 0 fully saturated rings. The first-order chi connectivity index (χ1) is 10.2. The lowest BCUT2D eigenvalue weighted by Gasteiger charge is -2.24. The van der Waals surface area contributed by atoms with Gasteiger partial charge in [0, 0.05) is 17.1 Å². The minimum Gasteiger partial charge on any atom is -0.384 e. The smallest absolute Gasteiger partial charge is 0.140 e. The molecule has 2 aromatic heterocycles. The van der Waals surface area contributed by atoms with Gasteiger partial charge in [-0.25, -0.2) is 4.98 Å². The third kappa shape index (κ3) is 2.78. The van der Waals surface area contributed by atoms with E-state index < -0.39 is 0 Å². The van der Waals surface area contributed by atoms with Gasteiger partial charge in [0.25, 0.3) is 0 Å². The Bertz CT molecular complexity index is 649. The number of aryl methyl sites for hydroxylation is 2. The Morgan fingerprint density at radius 3 is 3.00 bits per heavy atom. The number of nitrogens with two attached hydrogens (primary N) is 1. The van der Waals surface area contributed by atoms with E-state index in [0.29, 0.717) is 0 Å². The molecule has 0 aliphatic heterocycles. The molecule has 110 valence electrons. The fourth-order valence-corrected chi connectivity index (χ4v) is 3.55. The molecule has 4 nitrogen and oxygen atoms in total. The van der Waals surface area contributed by atoms with E-state index in [-0.39, 0.29) is 5.84 Å². The van der Waals surface area contributed by atoms with Crippen molar-refractivity contribution in [1.82, 2.24) is 4.98 Å². The molecule has 0 saturated carbocycles. The van der Waals surface area contributed by atoms with Crippen LogP contribution in [0.1, 0.15) is 35.0 Å². The second-order valence-electron chi connectivity index (χ2n) is 5.33. The molecule has 2 aromatic rings. The van der Waals surface area contributed by atoms with Crippen LogP contribution in [0.3, 0.4) is 0 Å². The van der Waals surface area contributed by atoms with Gasteiger partial charge in [-0.1, -0.05) is 6.07 Å². The van der Waals surface area contributed by atoms with Crippen molar-refractivity contribution in [2.24, 2.45) is 5.73 Å². The molecule has 2 heterocycles. The minimum absolute atomic E-state index is 0.108. The number of thiophene rings is 1. The van der Waals surface area contributed by atoms with Crippen LogP contribution in [-0.2, 0) is 19.4 Å². The summed E-state index contributed by atoms with van der Waals surface area (Å²) in [6.07, 6.45) is 3.25. The zero-order valence-electron chi connectivity index (χ0n) is 12.2. The predicted molar refractivity (Wildman–Crippen MR) is 88.3 cm³/mol. The van der Waals surface area contributed by atoms with Crippen molar-refractivity contribution in [1.29, 1.82) is 5.41 Å². The number of aromatic nitrogens is 1. The number of anilines is 1. The number of nitrogens with zero attached hydrogens (tertiary/aromatic N) is 2. The van der Waals surface area contributed by atoms with Gasteiger partial charge in [-0.15, -0.1) is 11.3 Å². The van der Waals surface area contributed by atoms with Crippen LogP contribution >= 0.6 is 11.3 Å². The van der Waals surface area contributed by atoms with Gasteiger partial charge in [-0.2, -0.15) is 0 Å². The average Bonchev–Trinajstić information content (AvgIpc) is 3.14. The molecule has 0 aromatic carbocycles. The van der Waals surface area contributed by atoms with Crippen LogP contribution in [0.25, 0.3) is 0 Å². The molecule has 0 atom stereocenters. The molecule has 5 heteroatoms. The highest BCUT2D eigenvalue weighted by Gasteiger charge is 2.21. The van der Waals surface area contributed by atoms with Crippen molar-refractivity contribution in [2.45, 2.75) is 32.7 Å². The molecule has 0 radical (unpaired) electrons. The molecule has 0 bridgehead atoms. The standard InChI is InChI=1S/C16H20N4S/c1-2-20(10-12-6-4-8-21-12)16-13(15(17)18)9-11-5-3-7-14(11)19-16/h4,6,8-9H,2-3,5,7,10H2,1H3,(H3,17,18). The summed E-state index contributed by atoms with van der Waals surface area (Å²) in [7, 11) is 0. The maximum Gasteiger partial charge on any atom is 0.140 e. The normalized spacial score (nSPS) is 13.2. The Kier molecular flexibility index (Phi) is 3.92. The van der Waals surface area contributed by atoms with Crippen LogP contribution in [-0.4, -0.2) is 17.4 Å². The topological polar surface area (TPSA) is 66.0 Å². The van der Waals surface area contributed by atoms with Gasteiger partial charge in [0.1, 0.15) is 11.7 Å². The molecule has 1 aliphatic rings. The third-order valence-electron chi connectivity index (χ3n) is 3.93. The van der Waals surface area contributed by atoms with Crippen LogP contribution in [0.5, 0.6) is 0 Å². The average molecular weight is 300 g/mol. The highest BCUT2D eigenvalue weighted by Crippen LogP contribution is 2.28. The molecule has 3 rings (SSSR count). The van der Waals surface area contributed by atoms with E-state index in [1.165, 1.54) is 16.1 Å². The van der Waals surface area contributed by atoms with Gasteiger partial charge < -0.3 is 10.6 Å². The molecule has 3 N–H and O–H groups in total. The summed E-state index contributed by atoms with van der Waals surface area (Å²) in [6.45, 7) is 3.79. The van der Waals surface area contributed by atoms with Crippen molar-refractivity contribution in [2.75, 3.05) is 11.4 Å². The van der Waals surface area contributed by atoms with Gasteiger partial charge in [0.05, 0.1) is 12.1 Å². The summed E-state index contributed by atoms with van der Waals surface area (Å²) in [5.74, 6) is 0.968. The first-order valence-electron chi connectivity index (χ1n) is 7.33. The summed E-state index contributed by atoms with van der Waals surface area (Å²) in [5, 5.41) is 9.96. The van der Waals surface area contributed by atoms with Gasteiger partial charge in [-0.05, 0) is 49.3 Å². The highest BCUT2D eigenvalue weighted by molar-refractivity contribution is 7.09. The molecule has 21 heavy (non-hydrogen) atoms. The maximum absolute atomic E-state index is 7.87. The van der Waals surface area contributed by atoms with Gasteiger partial charge >= 0.3 is 0 Å². The number of nitrogen functional groups attached to an aromatic ring is 1. The largest absolute Gasteiger partial charge is 0.384 e. The number of amidine groups is 1. The quantitative estimate of drug-likeness (QED) is 0.659. The van der Waals surface area contributed by atoms with E-state index >= 15 is 0 Å². The monoisotopic (exact) mass is 300 g/mol. The first-order valence-corrected chi connectivity index (χ1v) is 8.21. The predicted octanol–water partition coefficient (Wildman–Crippen LogP) is 2.94. The van der Waals surface area contributed by atoms with Crippen LogP contribution in [0, 0.1) is 5.41 Å². The molecule has 0 unspecified atom stereocenters. The Morgan fingerprint density at radius 1 is 1.48 bits per heavy atom. The van der Waals surface area contributed by atoms with Crippen molar-refractivity contribution in [3.8, 4) is 0 Å². The fraction of sp³-hybridized carbons (Fsp3) is 0.375. The van der Waals surface area contributed by atoms with Crippen LogP contribution in [0.15, 0.2) is 23.6 Å². The Hall–Kier alpha value is -1.88. The number of hydrogen-bond donors (Lipinski definition) is 2. The molecule has 0 spiro atoms. The van der Waals surface area contributed by atoms with Crippen LogP contribution in [0.2, 0.25) is 0 Å². The van der Waals surface area contributed by atoms with Crippen molar-refractivity contribution in [3.05, 3.63) is 45.3 Å². The zero-order valence-corrected chi connectivity index (χ0v) is 13.0. The number of pyridine rings is 1. The molecule has 1 aliphatic carbocycles. The molecule has 0 amide bonds. The number of hydrogen-bond acceptors (Lipinski definition) is 4. The summed E-state index contributed by atoms with van der Waals surface area (Å²) < 4.78 is 0. The van der Waals surface area contributed by atoms with Crippen molar-refractivity contribution >= 4 is 23.0 Å². The van der Waals surface area contributed by atoms with E-state index in [0.717, 1.165) is 43.7 Å². The lowest BCUT2D eigenvalue weighted by Crippen LogP contribution is -2.27. The lowest BCUT2D eigenvalue weighted by atomic mass is 10.1. The summed E-state index contributed by atoms with van der Waals surface area (Å²) in [6, 6.07) is 6.27. The highest BCUT2D eigenvalue weighted by atomic mass is 32.1. The van der Waals surface area contributed by atoms with Gasteiger partial charge in [0.15, 0.2) is 0 Å². The molecular weight excluding hydrogens is 280 g/mol. The maximum atomic E-state index is 7.87. The zero-order chi connectivity index (χ0) is 14.8. The number of rotatable bonds is 5. The van der Waals surface area contributed by atoms with Crippen LogP contribution < -0.4 is 10.6 Å². The third-order valence-corrected chi connectivity index (χ3v) is 4.79. The summed E-state index contributed by atoms with van der Waals surface area (Å²) in [4.78, 5) is 8.35. The van der Waals surface area contributed by atoms with Crippen molar-refractivity contribution < 1.29 is 0 Å². The number of nitrogens with one attached hydrogen (secondary N) is 1. The summed E-state index contributed by atoms with van der Waals surface area (Å²) in [5.41, 5.74) is 9.01. The van der Waals surface area contributed by atoms with Gasteiger partial charge in [0.2, 0.25) is 0 Å². The minimum atomic E-state index is 0.108. The van der Waals surface area contributed by atoms with E-state index in [2.05, 4.69) is 35.4 Å². The van der Waals surface area contributed by atoms with E-state index in [9.17, 15) is 0 Å². The first kappa shape index (κ1) is 14.1. The van der Waals surface area contributed by atoms with Crippen molar-refractivity contribution in [3.63, 3.8) is 0 Å². The van der Waals surface area contributed by atoms with E-state index in [4.69, 9.17) is 16.1 Å². The molecule has 0 saturated heterocycles. The van der Waals surface area contributed by atoms with E-state index in [1.807, 2.05) is 0 Å². The summed E-state index contributed by atoms with van der Waals surface area (Å²) >= 11 is 1.75. The SMILES string of the molecule is CCN(Cc1cccs1)c1nc2c(cc1C(=N)N)CCC2. The second kappa shape index (κ2) is 5.85. The van der Waals surface area contributed by atoms with E-state index in [1.54, 1.807) is 11.3 Å². The Balaban J connectivity index is 2.00. The molecular formula is C16H20N4S. The lowest BCUT2D eigenvalue weighted by molar-refractivity contribution is 0.813. The van der Waals surface area contributed by atoms with Crippen LogP contribution in [0.4, 0.5) is 5.82 Å². The fourth-order valence-electron chi connectivity index (χ4n) is 2.83. The Morgan fingerprint density at radius 2 is 2.33 bits per heavy atom. The number of fused-ring (bicyclic) bond motifs is 1. The second-order valence-corrected chi connectivity index (χ2v) is 6.36. The van der Waals surface area contributed by atoms with Gasteiger partial charge in [-0.3, -0.25) is 5.41 Å².